The molecule has 0 aliphatic heterocycles. The summed E-state index contributed by atoms with van der Waals surface area (Å²) in [7, 11) is 0. The zero-order valence-electron chi connectivity index (χ0n) is 9.51. The average molecular weight is 347 g/mol. The first-order valence-electron chi connectivity index (χ1n) is 5.16. The van der Waals surface area contributed by atoms with Gasteiger partial charge in [0.05, 0.1) is 10.0 Å². The minimum atomic E-state index is 0.388. The van der Waals surface area contributed by atoms with Crippen LogP contribution < -0.4 is 10.5 Å². The summed E-state index contributed by atoms with van der Waals surface area (Å²) in [6, 6.07) is 8.96. The molecule has 0 saturated heterocycles. The second kappa shape index (κ2) is 5.39. The fourth-order valence-electron chi connectivity index (χ4n) is 1.47. The number of rotatable bonds is 2. The summed E-state index contributed by atoms with van der Waals surface area (Å²) in [5.74, 6) is 1.10. The lowest BCUT2D eigenvalue weighted by molar-refractivity contribution is 0.479. The Morgan fingerprint density at radius 3 is 2.33 bits per heavy atom. The molecule has 2 rings (SSSR count). The van der Waals surface area contributed by atoms with Crippen LogP contribution in [0.5, 0.6) is 11.5 Å². The molecule has 0 bridgehead atoms. The minimum absolute atomic E-state index is 0.388. The zero-order chi connectivity index (χ0) is 13.3. The molecule has 0 radical (unpaired) electrons. The number of nitrogen functional groups attached to an aromatic ring is 1. The second-order valence-corrected chi connectivity index (χ2v) is 5.56. The number of hydrogen-bond donors (Lipinski definition) is 1. The van der Waals surface area contributed by atoms with E-state index >= 15 is 0 Å². The summed E-state index contributed by atoms with van der Waals surface area (Å²) in [6.07, 6.45) is 0. The third-order valence-electron chi connectivity index (χ3n) is 2.38. The van der Waals surface area contributed by atoms with Crippen molar-refractivity contribution in [3.63, 3.8) is 0 Å². The number of halogens is 3. The summed E-state index contributed by atoms with van der Waals surface area (Å²) in [4.78, 5) is 0. The van der Waals surface area contributed by atoms with Crippen molar-refractivity contribution in [1.82, 2.24) is 0 Å². The third-order valence-corrected chi connectivity index (χ3v) is 3.44. The maximum absolute atomic E-state index is 6.08. The van der Waals surface area contributed by atoms with Crippen LogP contribution >= 0.6 is 39.1 Å². The van der Waals surface area contributed by atoms with Crippen molar-refractivity contribution in [3.05, 3.63) is 50.4 Å². The Hall–Kier alpha value is -0.900. The quantitative estimate of drug-likeness (QED) is 0.735. The van der Waals surface area contributed by atoms with Crippen LogP contribution in [0, 0.1) is 6.92 Å². The number of ether oxygens (including phenoxy) is 1. The average Bonchev–Trinajstić information content (AvgIpc) is 2.28. The number of hydrogen-bond acceptors (Lipinski definition) is 2. The van der Waals surface area contributed by atoms with Gasteiger partial charge in [-0.15, -0.1) is 0 Å². The van der Waals surface area contributed by atoms with Crippen LogP contribution in [-0.4, -0.2) is 0 Å². The van der Waals surface area contributed by atoms with Crippen molar-refractivity contribution < 1.29 is 4.74 Å². The van der Waals surface area contributed by atoms with Crippen molar-refractivity contribution in [1.29, 1.82) is 0 Å². The molecular formula is C13H10BrCl2NO. The van der Waals surface area contributed by atoms with Crippen LogP contribution in [0.25, 0.3) is 0 Å². The predicted molar refractivity (Wildman–Crippen MR) is 79.8 cm³/mol. The van der Waals surface area contributed by atoms with E-state index in [0.717, 1.165) is 10.0 Å². The van der Waals surface area contributed by atoms with Gasteiger partial charge in [0.2, 0.25) is 0 Å². The van der Waals surface area contributed by atoms with Gasteiger partial charge in [0.15, 0.2) is 5.75 Å². The highest BCUT2D eigenvalue weighted by molar-refractivity contribution is 9.10. The first-order chi connectivity index (χ1) is 8.47. The van der Waals surface area contributed by atoms with E-state index in [4.69, 9.17) is 33.7 Å². The van der Waals surface area contributed by atoms with Crippen LogP contribution in [0.1, 0.15) is 5.56 Å². The molecule has 0 fully saturated rings. The maximum Gasteiger partial charge on any atom is 0.164 e. The molecule has 2 aromatic rings. The van der Waals surface area contributed by atoms with Crippen LogP contribution in [0.4, 0.5) is 5.69 Å². The largest absolute Gasteiger partial charge is 0.454 e. The van der Waals surface area contributed by atoms with Gasteiger partial charge in [-0.25, -0.2) is 0 Å². The fourth-order valence-corrected chi connectivity index (χ4v) is 2.39. The Morgan fingerprint density at radius 2 is 1.72 bits per heavy atom. The van der Waals surface area contributed by atoms with Crippen LogP contribution in [0.3, 0.4) is 0 Å². The molecule has 2 N–H and O–H groups in total. The van der Waals surface area contributed by atoms with Gasteiger partial charge in [0.1, 0.15) is 5.75 Å². The highest BCUT2D eigenvalue weighted by Crippen LogP contribution is 2.39. The topological polar surface area (TPSA) is 35.2 Å². The molecule has 0 spiro atoms. The normalized spacial score (nSPS) is 10.4. The monoisotopic (exact) mass is 345 g/mol. The number of anilines is 1. The number of nitrogens with two attached hydrogens (primary N) is 1. The minimum Gasteiger partial charge on any atom is -0.454 e. The summed E-state index contributed by atoms with van der Waals surface area (Å²) in [5.41, 5.74) is 7.13. The number of aryl methyl sites for hydroxylation is 1. The molecule has 0 saturated carbocycles. The Kier molecular flexibility index (Phi) is 4.05. The lowest BCUT2D eigenvalue weighted by atomic mass is 10.2. The number of benzene rings is 2. The second-order valence-electron chi connectivity index (χ2n) is 3.83. The van der Waals surface area contributed by atoms with Crippen molar-refractivity contribution in [3.8, 4) is 11.5 Å². The van der Waals surface area contributed by atoms with Gasteiger partial charge in [0.25, 0.3) is 0 Å². The van der Waals surface area contributed by atoms with E-state index in [1.807, 2.05) is 25.1 Å². The van der Waals surface area contributed by atoms with E-state index < -0.39 is 0 Å². The third kappa shape index (κ3) is 2.91. The summed E-state index contributed by atoms with van der Waals surface area (Å²) < 4.78 is 6.68. The van der Waals surface area contributed by atoms with E-state index in [2.05, 4.69) is 15.9 Å². The molecule has 0 aromatic heterocycles. The summed E-state index contributed by atoms with van der Waals surface area (Å²) in [6.45, 7) is 1.95. The Morgan fingerprint density at radius 1 is 1.11 bits per heavy atom. The van der Waals surface area contributed by atoms with Crippen LogP contribution in [0.15, 0.2) is 34.8 Å². The smallest absolute Gasteiger partial charge is 0.164 e. The molecule has 5 heteroatoms. The molecule has 0 atom stereocenters. The van der Waals surface area contributed by atoms with Crippen molar-refractivity contribution in [2.75, 3.05) is 5.73 Å². The molecule has 0 aliphatic carbocycles. The molecule has 0 unspecified atom stereocenters. The van der Waals surface area contributed by atoms with Crippen LogP contribution in [-0.2, 0) is 0 Å². The van der Waals surface area contributed by atoms with Gasteiger partial charge in [-0.05, 0) is 36.8 Å². The molecule has 0 heterocycles. The van der Waals surface area contributed by atoms with E-state index in [1.165, 1.54) is 0 Å². The Labute approximate surface area is 124 Å². The van der Waals surface area contributed by atoms with Crippen molar-refractivity contribution >= 4 is 44.8 Å². The van der Waals surface area contributed by atoms with E-state index in [1.54, 1.807) is 12.1 Å². The molecule has 18 heavy (non-hydrogen) atoms. The Bertz CT molecular complexity index is 579. The highest BCUT2D eigenvalue weighted by Gasteiger charge is 2.11. The molecule has 2 aromatic carbocycles. The lowest BCUT2D eigenvalue weighted by Gasteiger charge is -2.12. The first kappa shape index (κ1) is 13.5. The van der Waals surface area contributed by atoms with Gasteiger partial charge in [-0.2, -0.15) is 0 Å². The highest BCUT2D eigenvalue weighted by atomic mass is 79.9. The van der Waals surface area contributed by atoms with Gasteiger partial charge >= 0.3 is 0 Å². The van der Waals surface area contributed by atoms with Gasteiger partial charge in [-0.1, -0.05) is 45.2 Å². The molecule has 0 aliphatic rings. The van der Waals surface area contributed by atoms with Gasteiger partial charge in [0, 0.05) is 10.2 Å². The zero-order valence-corrected chi connectivity index (χ0v) is 12.6. The SMILES string of the molecule is Cc1ccc(Br)cc1Oc1c(Cl)cc(N)cc1Cl. The molecule has 94 valence electrons. The first-order valence-corrected chi connectivity index (χ1v) is 6.71. The predicted octanol–water partition coefficient (Wildman–Crippen LogP) is 5.44. The molecule has 0 amide bonds. The van der Waals surface area contributed by atoms with E-state index in [0.29, 0.717) is 27.2 Å². The van der Waals surface area contributed by atoms with E-state index in [-0.39, 0.29) is 0 Å². The van der Waals surface area contributed by atoms with E-state index in [9.17, 15) is 0 Å². The molecular weight excluding hydrogens is 337 g/mol. The van der Waals surface area contributed by atoms with Gasteiger partial charge in [-0.3, -0.25) is 0 Å². The fraction of sp³-hybridized carbons (Fsp3) is 0.0769. The summed E-state index contributed by atoms with van der Waals surface area (Å²) >= 11 is 15.5. The van der Waals surface area contributed by atoms with Crippen LogP contribution in [0.2, 0.25) is 10.0 Å². The maximum atomic E-state index is 6.08. The standard InChI is InChI=1S/C13H10BrCl2NO/c1-7-2-3-8(14)4-12(7)18-13-10(15)5-9(17)6-11(13)16/h2-6H,17H2,1H3. The van der Waals surface area contributed by atoms with Crippen molar-refractivity contribution in [2.45, 2.75) is 6.92 Å². The Balaban J connectivity index is 2.43. The molecule has 2 nitrogen and oxygen atoms in total. The summed E-state index contributed by atoms with van der Waals surface area (Å²) in [5, 5.41) is 0.777. The van der Waals surface area contributed by atoms with Crippen molar-refractivity contribution in [2.24, 2.45) is 0 Å². The lowest BCUT2D eigenvalue weighted by Crippen LogP contribution is -1.92. The van der Waals surface area contributed by atoms with Gasteiger partial charge < -0.3 is 10.5 Å².